The molecule has 1 radical (unpaired) electrons. The van der Waals surface area contributed by atoms with E-state index in [1.807, 2.05) is 26.1 Å². The SMILES string of the molecule is Cc1cc(-c2ccn(CF)c(=O)c2)c(F)cc1-c1ccc(N(C)C2C[C@]3(C)CC[C@](C)(C2)N3[B]C=O)nn1. The maximum atomic E-state index is 15.1. The number of pyridine rings is 1. The average molecular weight is 518 g/mol. The highest BCUT2D eigenvalue weighted by molar-refractivity contribution is 6.64. The van der Waals surface area contributed by atoms with E-state index in [9.17, 15) is 14.0 Å². The summed E-state index contributed by atoms with van der Waals surface area (Å²) < 4.78 is 28.9. The summed E-state index contributed by atoms with van der Waals surface area (Å²) in [6, 6.07) is 9.82. The van der Waals surface area contributed by atoms with Crippen LogP contribution in [0, 0.1) is 12.7 Å². The molecule has 1 aromatic carbocycles. The van der Waals surface area contributed by atoms with Crippen molar-refractivity contribution in [2.75, 3.05) is 11.9 Å². The van der Waals surface area contributed by atoms with Gasteiger partial charge >= 0.3 is 0 Å². The monoisotopic (exact) mass is 518 g/mol. The number of aromatic nitrogens is 3. The molecule has 38 heavy (non-hydrogen) atoms. The van der Waals surface area contributed by atoms with E-state index < -0.39 is 18.2 Å². The number of piperidine rings is 1. The number of aryl methyl sites for hydroxylation is 1. The van der Waals surface area contributed by atoms with Gasteiger partial charge in [-0.1, -0.05) is 0 Å². The van der Waals surface area contributed by atoms with Gasteiger partial charge in [-0.3, -0.25) is 9.36 Å². The maximum Gasteiger partial charge on any atom is 0.294 e. The standard InChI is InChI=1S/C28H31BF2N5O2/c1-18-11-22(19-7-10-35(17-30)26(38)12-19)23(31)13-21(18)24-5-6-25(33-32-24)34(4)20-14-27(2)8-9-28(3,15-20)36(27)29-16-37/h5-7,10-13,16,20H,8-9,14-15,17H2,1-4H3/t20?,27-,28+. The molecule has 5 rings (SSSR count). The van der Waals surface area contributed by atoms with E-state index >= 15 is 4.39 Å². The fraction of sp³-hybridized carbons (Fsp3) is 0.429. The van der Waals surface area contributed by atoms with Crippen molar-refractivity contribution < 1.29 is 13.6 Å². The van der Waals surface area contributed by atoms with Gasteiger partial charge in [0, 0.05) is 47.6 Å². The zero-order valence-electron chi connectivity index (χ0n) is 22.1. The van der Waals surface area contributed by atoms with E-state index in [-0.39, 0.29) is 22.7 Å². The van der Waals surface area contributed by atoms with E-state index in [1.54, 1.807) is 13.5 Å². The number of rotatable bonds is 7. The third-order valence-corrected chi connectivity index (χ3v) is 8.51. The lowest BCUT2D eigenvalue weighted by atomic mass is 9.73. The van der Waals surface area contributed by atoms with Gasteiger partial charge in [-0.25, -0.2) is 8.78 Å². The molecule has 0 aliphatic carbocycles. The molecule has 0 saturated carbocycles. The zero-order chi connectivity index (χ0) is 27.2. The minimum Gasteiger partial charge on any atom is -0.355 e. The van der Waals surface area contributed by atoms with Crippen molar-refractivity contribution in [1.29, 1.82) is 0 Å². The van der Waals surface area contributed by atoms with Crippen LogP contribution in [0.2, 0.25) is 0 Å². The van der Waals surface area contributed by atoms with E-state index in [2.05, 4.69) is 33.8 Å². The number of hydrogen-bond donors (Lipinski definition) is 0. The van der Waals surface area contributed by atoms with E-state index in [0.29, 0.717) is 16.8 Å². The predicted molar refractivity (Wildman–Crippen MR) is 145 cm³/mol. The lowest BCUT2D eigenvalue weighted by Gasteiger charge is -2.52. The fourth-order valence-electron chi connectivity index (χ4n) is 6.41. The number of anilines is 1. The molecule has 2 aliphatic rings. The molecule has 1 unspecified atom stereocenters. The summed E-state index contributed by atoms with van der Waals surface area (Å²) in [5.41, 5.74) is 1.93. The van der Waals surface area contributed by atoms with Crippen LogP contribution in [0.4, 0.5) is 14.6 Å². The summed E-state index contributed by atoms with van der Waals surface area (Å²) in [5.74, 6) is 0.239. The number of hydrogen-bond acceptors (Lipinski definition) is 6. The van der Waals surface area contributed by atoms with Gasteiger partial charge in [0.15, 0.2) is 12.6 Å². The lowest BCUT2D eigenvalue weighted by Crippen LogP contribution is -2.62. The molecule has 2 fully saturated rings. The molecule has 2 aromatic heterocycles. The largest absolute Gasteiger partial charge is 0.355 e. The fourth-order valence-corrected chi connectivity index (χ4v) is 6.41. The van der Waals surface area contributed by atoms with Crippen molar-refractivity contribution >= 4 is 19.4 Å². The maximum absolute atomic E-state index is 15.1. The van der Waals surface area contributed by atoms with Crippen LogP contribution in [-0.4, -0.2) is 57.3 Å². The van der Waals surface area contributed by atoms with Crippen molar-refractivity contribution in [3.05, 3.63) is 64.3 Å². The molecular formula is C28H31BF2N5O2. The Labute approximate surface area is 221 Å². The molecular weight excluding hydrogens is 487 g/mol. The summed E-state index contributed by atoms with van der Waals surface area (Å²) in [5, 5.41) is 8.90. The normalized spacial score (nSPS) is 24.8. The van der Waals surface area contributed by atoms with Crippen molar-refractivity contribution in [3.63, 3.8) is 0 Å². The van der Waals surface area contributed by atoms with Crippen LogP contribution in [0.25, 0.3) is 22.4 Å². The van der Waals surface area contributed by atoms with Crippen LogP contribution in [0.5, 0.6) is 0 Å². The second-order valence-corrected chi connectivity index (χ2v) is 11.1. The molecule has 2 saturated heterocycles. The number of carbonyl (C=O) groups is 1. The molecule has 0 spiro atoms. The van der Waals surface area contributed by atoms with Gasteiger partial charge in [0.25, 0.3) is 13.0 Å². The van der Waals surface area contributed by atoms with Gasteiger partial charge < -0.3 is 14.5 Å². The lowest BCUT2D eigenvalue weighted by molar-refractivity contribution is 0.0851. The van der Waals surface area contributed by atoms with Crippen LogP contribution in [0.1, 0.15) is 45.1 Å². The van der Waals surface area contributed by atoms with Crippen LogP contribution < -0.4 is 10.5 Å². The molecule has 3 atom stereocenters. The van der Waals surface area contributed by atoms with Crippen LogP contribution in [0.3, 0.4) is 0 Å². The van der Waals surface area contributed by atoms with E-state index in [0.717, 1.165) is 47.8 Å². The Morgan fingerprint density at radius 1 is 1.11 bits per heavy atom. The second-order valence-electron chi connectivity index (χ2n) is 11.1. The molecule has 197 valence electrons. The molecule has 0 amide bonds. The summed E-state index contributed by atoms with van der Waals surface area (Å²) in [6.07, 6.45) is 6.10. The minimum absolute atomic E-state index is 0.0751. The van der Waals surface area contributed by atoms with Crippen molar-refractivity contribution in [1.82, 2.24) is 19.6 Å². The highest BCUT2D eigenvalue weighted by Crippen LogP contribution is 2.50. The number of carbonyl (C=O) groups excluding carboxylic acids is 1. The number of halogens is 2. The predicted octanol–water partition coefficient (Wildman–Crippen LogP) is 4.37. The molecule has 4 heterocycles. The third kappa shape index (κ3) is 4.44. The highest BCUT2D eigenvalue weighted by Gasteiger charge is 2.55. The number of alkyl halides is 1. The van der Waals surface area contributed by atoms with Gasteiger partial charge in [-0.15, -0.1) is 10.2 Å². The quantitative estimate of drug-likeness (QED) is 0.342. The summed E-state index contributed by atoms with van der Waals surface area (Å²) in [4.78, 5) is 27.7. The second kappa shape index (κ2) is 9.73. The first-order valence-corrected chi connectivity index (χ1v) is 12.8. The summed E-state index contributed by atoms with van der Waals surface area (Å²) >= 11 is 0. The zero-order valence-corrected chi connectivity index (χ0v) is 22.1. The Bertz CT molecular complexity index is 1410. The number of nitrogens with zero attached hydrogens (tertiary/aromatic N) is 5. The third-order valence-electron chi connectivity index (χ3n) is 8.51. The Hall–Kier alpha value is -3.40. The van der Waals surface area contributed by atoms with Crippen LogP contribution in [-0.2, 0) is 11.6 Å². The van der Waals surface area contributed by atoms with Gasteiger partial charge in [0.05, 0.1) is 11.9 Å². The smallest absolute Gasteiger partial charge is 0.294 e. The molecule has 0 N–H and O–H groups in total. The van der Waals surface area contributed by atoms with Gasteiger partial charge in [-0.2, -0.15) is 0 Å². The molecule has 2 aliphatic heterocycles. The summed E-state index contributed by atoms with van der Waals surface area (Å²) in [7, 11) is 3.72. The van der Waals surface area contributed by atoms with Crippen molar-refractivity contribution in [2.24, 2.45) is 0 Å². The van der Waals surface area contributed by atoms with Crippen LogP contribution in [0.15, 0.2) is 47.4 Å². The Kier molecular flexibility index (Phi) is 6.71. The highest BCUT2D eigenvalue weighted by atomic mass is 19.1. The number of fused-ring (bicyclic) bond motifs is 2. The topological polar surface area (TPSA) is 71.3 Å². The van der Waals surface area contributed by atoms with E-state index in [4.69, 9.17) is 0 Å². The Balaban J connectivity index is 1.37. The van der Waals surface area contributed by atoms with Gasteiger partial charge in [0.2, 0.25) is 0 Å². The van der Waals surface area contributed by atoms with Crippen LogP contribution >= 0.6 is 0 Å². The summed E-state index contributed by atoms with van der Waals surface area (Å²) in [6.45, 7) is 5.37. The average Bonchev–Trinajstić information content (AvgIpc) is 3.04. The van der Waals surface area contributed by atoms with Gasteiger partial charge in [0.1, 0.15) is 5.82 Å². The first-order chi connectivity index (χ1) is 18.1. The van der Waals surface area contributed by atoms with Gasteiger partial charge in [-0.05, 0) is 87.9 Å². The Morgan fingerprint density at radius 2 is 1.82 bits per heavy atom. The van der Waals surface area contributed by atoms with Crippen molar-refractivity contribution in [2.45, 2.75) is 70.4 Å². The van der Waals surface area contributed by atoms with Crippen molar-refractivity contribution in [3.8, 4) is 22.4 Å². The first kappa shape index (κ1) is 26.2. The number of benzene rings is 1. The molecule has 2 bridgehead atoms. The first-order valence-electron chi connectivity index (χ1n) is 12.8. The van der Waals surface area contributed by atoms with E-state index in [1.165, 1.54) is 24.4 Å². The molecule has 3 aromatic rings. The minimum atomic E-state index is -0.931. The molecule has 10 heteroatoms. The Morgan fingerprint density at radius 3 is 2.39 bits per heavy atom. The molecule has 7 nitrogen and oxygen atoms in total.